The van der Waals surface area contributed by atoms with Gasteiger partial charge in [-0.1, -0.05) is 23.4 Å². The summed E-state index contributed by atoms with van der Waals surface area (Å²) in [5.74, 6) is 1.31. The normalized spacial score (nSPS) is 26.5. The summed E-state index contributed by atoms with van der Waals surface area (Å²) in [6.07, 6.45) is 5.60. The van der Waals surface area contributed by atoms with Gasteiger partial charge in [-0.25, -0.2) is 0 Å². The summed E-state index contributed by atoms with van der Waals surface area (Å²) in [5, 5.41) is 5.26. The molecule has 0 unspecified atom stereocenters. The molecule has 1 aromatic carbocycles. The number of aromatic nitrogens is 3. The van der Waals surface area contributed by atoms with Crippen LogP contribution >= 0.6 is 0 Å². The molecule has 0 amide bonds. The topological polar surface area (TPSA) is 56.3 Å². The minimum Gasteiger partial charge on any atom is -0.363 e. The molecule has 0 bridgehead atoms. The highest BCUT2D eigenvalue weighted by Crippen LogP contribution is 2.38. The van der Waals surface area contributed by atoms with Gasteiger partial charge in [-0.15, -0.1) is 0 Å². The van der Waals surface area contributed by atoms with Crippen LogP contribution in [0.25, 0.3) is 10.9 Å². The highest BCUT2D eigenvalue weighted by Gasteiger charge is 2.41. The van der Waals surface area contributed by atoms with Crippen molar-refractivity contribution in [2.24, 2.45) is 7.05 Å². The molecule has 2 saturated heterocycles. The molecule has 136 valence electrons. The van der Waals surface area contributed by atoms with Crippen molar-refractivity contribution in [1.29, 1.82) is 0 Å². The van der Waals surface area contributed by atoms with Gasteiger partial charge in [0.1, 0.15) is 6.10 Å². The van der Waals surface area contributed by atoms with E-state index in [2.05, 4.69) is 57.1 Å². The lowest BCUT2D eigenvalue weighted by atomic mass is 9.98. The Morgan fingerprint density at radius 1 is 1.19 bits per heavy atom. The minimum atomic E-state index is -0.0463. The fraction of sp³-hybridized carbons (Fsp3) is 0.500. The maximum Gasteiger partial charge on any atom is 0.255 e. The van der Waals surface area contributed by atoms with Gasteiger partial charge in [-0.2, -0.15) is 4.98 Å². The number of benzene rings is 1. The second-order valence-corrected chi connectivity index (χ2v) is 7.53. The number of para-hydroxylation sites is 1. The quantitative estimate of drug-likeness (QED) is 0.723. The van der Waals surface area contributed by atoms with Crippen LogP contribution in [-0.2, 0) is 18.3 Å². The highest BCUT2D eigenvalue weighted by molar-refractivity contribution is 5.83. The van der Waals surface area contributed by atoms with Crippen molar-refractivity contribution in [3.05, 3.63) is 47.7 Å². The number of hydrogen-bond acceptors (Lipinski definition) is 5. The average molecular weight is 352 g/mol. The molecule has 6 nitrogen and oxygen atoms in total. The van der Waals surface area contributed by atoms with Gasteiger partial charge in [0, 0.05) is 43.3 Å². The molecule has 3 aromatic rings. The largest absolute Gasteiger partial charge is 0.363 e. The number of aryl methyl sites for hydroxylation is 2. The highest BCUT2D eigenvalue weighted by atomic mass is 16.5. The number of rotatable bonds is 3. The van der Waals surface area contributed by atoms with Crippen LogP contribution in [0, 0.1) is 6.92 Å². The molecule has 2 aromatic heterocycles. The lowest BCUT2D eigenvalue weighted by Crippen LogP contribution is -2.40. The van der Waals surface area contributed by atoms with E-state index < -0.39 is 0 Å². The van der Waals surface area contributed by atoms with E-state index in [4.69, 9.17) is 9.26 Å². The zero-order valence-corrected chi connectivity index (χ0v) is 15.3. The minimum absolute atomic E-state index is 0.0463. The van der Waals surface area contributed by atoms with Crippen LogP contribution in [-0.4, -0.2) is 38.3 Å². The Hall–Kier alpha value is -2.18. The Morgan fingerprint density at radius 3 is 2.92 bits per heavy atom. The van der Waals surface area contributed by atoms with Gasteiger partial charge in [0.05, 0.1) is 6.10 Å². The zero-order chi connectivity index (χ0) is 17.7. The van der Waals surface area contributed by atoms with E-state index in [0.717, 1.165) is 32.4 Å². The van der Waals surface area contributed by atoms with Gasteiger partial charge in [0.25, 0.3) is 5.89 Å². The van der Waals surface area contributed by atoms with Crippen molar-refractivity contribution in [1.82, 2.24) is 19.6 Å². The van der Waals surface area contributed by atoms with Crippen LogP contribution in [0.4, 0.5) is 0 Å². The van der Waals surface area contributed by atoms with Gasteiger partial charge >= 0.3 is 0 Å². The number of likely N-dealkylation sites (tertiary alicyclic amines) is 1. The maximum absolute atomic E-state index is 6.33. The van der Waals surface area contributed by atoms with Crippen molar-refractivity contribution in [3.63, 3.8) is 0 Å². The molecule has 3 atom stereocenters. The van der Waals surface area contributed by atoms with Gasteiger partial charge < -0.3 is 13.8 Å². The van der Waals surface area contributed by atoms with Gasteiger partial charge in [-0.05, 0) is 37.8 Å². The summed E-state index contributed by atoms with van der Waals surface area (Å²) < 4.78 is 13.9. The van der Waals surface area contributed by atoms with E-state index in [1.54, 1.807) is 0 Å². The van der Waals surface area contributed by atoms with Crippen LogP contribution in [0.5, 0.6) is 0 Å². The molecular weight excluding hydrogens is 328 g/mol. The Labute approximate surface area is 152 Å². The molecule has 0 saturated carbocycles. The number of ether oxygens (including phenoxy) is 1. The lowest BCUT2D eigenvalue weighted by Gasteiger charge is -2.34. The molecule has 26 heavy (non-hydrogen) atoms. The van der Waals surface area contributed by atoms with E-state index >= 15 is 0 Å². The third-order valence-electron chi connectivity index (χ3n) is 5.83. The lowest BCUT2D eigenvalue weighted by molar-refractivity contribution is -0.0831. The summed E-state index contributed by atoms with van der Waals surface area (Å²) in [6, 6.07) is 9.12. The summed E-state index contributed by atoms with van der Waals surface area (Å²) in [7, 11) is 2.12. The fourth-order valence-corrected chi connectivity index (χ4v) is 4.61. The SMILES string of the molecule is Cc1noc([C@@H]2CC[C@@H]3[C@@H](CCN3Cc3cn(C)c4ccccc34)O2)n1. The first-order valence-corrected chi connectivity index (χ1v) is 9.41. The molecule has 5 rings (SSSR count). The van der Waals surface area contributed by atoms with E-state index in [0.29, 0.717) is 17.8 Å². The van der Waals surface area contributed by atoms with Crippen molar-refractivity contribution < 1.29 is 9.26 Å². The third-order valence-corrected chi connectivity index (χ3v) is 5.83. The van der Waals surface area contributed by atoms with Crippen molar-refractivity contribution in [2.45, 2.75) is 51.0 Å². The average Bonchev–Trinajstić information content (AvgIpc) is 3.34. The molecule has 2 aliphatic heterocycles. The molecule has 0 spiro atoms. The second kappa shape index (κ2) is 6.21. The molecule has 0 aliphatic carbocycles. The number of hydrogen-bond donors (Lipinski definition) is 0. The second-order valence-electron chi connectivity index (χ2n) is 7.53. The molecule has 6 heteroatoms. The van der Waals surface area contributed by atoms with Gasteiger partial charge in [-0.3, -0.25) is 4.90 Å². The van der Waals surface area contributed by atoms with Crippen molar-refractivity contribution >= 4 is 10.9 Å². The van der Waals surface area contributed by atoms with Crippen molar-refractivity contribution in [3.8, 4) is 0 Å². The predicted molar refractivity (Wildman–Crippen MR) is 97.6 cm³/mol. The zero-order valence-electron chi connectivity index (χ0n) is 15.3. The van der Waals surface area contributed by atoms with Gasteiger partial charge in [0.2, 0.25) is 0 Å². The first-order chi connectivity index (χ1) is 12.7. The molecule has 0 N–H and O–H groups in total. The summed E-state index contributed by atoms with van der Waals surface area (Å²) >= 11 is 0. The van der Waals surface area contributed by atoms with Crippen LogP contribution in [0.3, 0.4) is 0 Å². The summed E-state index contributed by atoms with van der Waals surface area (Å²) in [5.41, 5.74) is 2.70. The number of fused-ring (bicyclic) bond motifs is 2. The van der Waals surface area contributed by atoms with E-state index in [1.165, 1.54) is 16.5 Å². The van der Waals surface area contributed by atoms with Crippen LogP contribution in [0.2, 0.25) is 0 Å². The standard InChI is InChI=1S/C20H24N4O2/c1-13-21-20(26-22-13)19-8-7-17-18(25-19)9-10-24(17)12-14-11-23(2)16-6-4-3-5-15(14)16/h3-6,11,17-19H,7-10,12H2,1-2H3/t17-,18-,19+/m1/s1. The molecular formula is C20H24N4O2. The Balaban J connectivity index is 1.32. The first-order valence-electron chi connectivity index (χ1n) is 9.41. The maximum atomic E-state index is 6.33. The molecule has 0 radical (unpaired) electrons. The van der Waals surface area contributed by atoms with Crippen LogP contribution in [0.15, 0.2) is 35.0 Å². The number of nitrogens with zero attached hydrogens (tertiary/aromatic N) is 4. The summed E-state index contributed by atoms with van der Waals surface area (Å²) in [4.78, 5) is 6.94. The van der Waals surface area contributed by atoms with E-state index in [-0.39, 0.29) is 12.2 Å². The smallest absolute Gasteiger partial charge is 0.255 e. The Morgan fingerprint density at radius 2 is 2.08 bits per heavy atom. The van der Waals surface area contributed by atoms with Crippen LogP contribution < -0.4 is 0 Å². The molecule has 4 heterocycles. The Kier molecular flexibility index (Phi) is 3.83. The monoisotopic (exact) mass is 352 g/mol. The predicted octanol–water partition coefficient (Wildman–Crippen LogP) is 3.36. The third kappa shape index (κ3) is 2.64. The molecule has 2 aliphatic rings. The first kappa shape index (κ1) is 16.0. The van der Waals surface area contributed by atoms with Crippen LogP contribution in [0.1, 0.15) is 42.6 Å². The van der Waals surface area contributed by atoms with E-state index in [9.17, 15) is 0 Å². The fourth-order valence-electron chi connectivity index (χ4n) is 4.61. The van der Waals surface area contributed by atoms with Gasteiger partial charge in [0.15, 0.2) is 5.82 Å². The van der Waals surface area contributed by atoms with Crippen molar-refractivity contribution in [2.75, 3.05) is 6.54 Å². The summed E-state index contributed by atoms with van der Waals surface area (Å²) in [6.45, 7) is 3.91. The van der Waals surface area contributed by atoms with E-state index in [1.807, 2.05) is 6.92 Å². The molecule has 2 fully saturated rings. The Bertz CT molecular complexity index is 931.